The average Bonchev–Trinajstić information content (AvgIpc) is 3.12. The van der Waals surface area contributed by atoms with Crippen LogP contribution in [0.4, 0.5) is 0 Å². The Morgan fingerprint density at radius 1 is 0.596 bits per heavy atom. The Hall–Kier alpha value is -1.29. The normalized spacial score (nSPS) is 14.1. The molecule has 0 aromatic rings. The van der Waals surface area contributed by atoms with E-state index in [9.17, 15) is 19.0 Å². The molecule has 52 heavy (non-hydrogen) atoms. The summed E-state index contributed by atoms with van der Waals surface area (Å²) in [4.78, 5) is 33.4. The Kier molecular flexibility index (Phi) is 37.1. The Labute approximate surface area is 318 Å². The van der Waals surface area contributed by atoms with Crippen LogP contribution in [0.5, 0.6) is 0 Å². The summed E-state index contributed by atoms with van der Waals surface area (Å²) >= 11 is 0. The molecule has 0 aliphatic carbocycles. The molecule has 0 spiro atoms. The molecule has 3 atom stereocenters. The summed E-state index contributed by atoms with van der Waals surface area (Å²) in [6.07, 6.45) is 38.3. The molecule has 11 heteroatoms. The van der Waals surface area contributed by atoms with E-state index >= 15 is 0 Å². The van der Waals surface area contributed by atoms with Crippen molar-refractivity contribution in [3.63, 3.8) is 0 Å². The van der Waals surface area contributed by atoms with Crippen LogP contribution in [0.25, 0.3) is 0 Å². The lowest BCUT2D eigenvalue weighted by Gasteiger charge is -2.20. The highest BCUT2D eigenvalue weighted by Gasteiger charge is 2.27. The zero-order valence-electron chi connectivity index (χ0n) is 33.4. The van der Waals surface area contributed by atoms with E-state index in [0.29, 0.717) is 13.0 Å². The Bertz CT molecular complexity index is 888. The van der Waals surface area contributed by atoms with Crippen molar-refractivity contribution in [2.24, 2.45) is 5.73 Å². The number of carboxylic acid groups (broad SMARTS) is 1. The van der Waals surface area contributed by atoms with Gasteiger partial charge in [-0.15, -0.1) is 0 Å². The fraction of sp³-hybridized carbons (Fsp3) is 0.902. The van der Waals surface area contributed by atoms with Crippen LogP contribution in [0.3, 0.4) is 0 Å². The summed E-state index contributed by atoms with van der Waals surface area (Å²) in [6.45, 7) is 3.87. The predicted octanol–water partition coefficient (Wildman–Crippen LogP) is 11.4. The molecule has 0 radical (unpaired) electrons. The molecule has 4 N–H and O–H groups in total. The maximum Gasteiger partial charge on any atom is 0.472 e. The van der Waals surface area contributed by atoms with Crippen molar-refractivity contribution in [1.29, 1.82) is 0 Å². The van der Waals surface area contributed by atoms with Crippen LogP contribution in [-0.2, 0) is 32.7 Å². The van der Waals surface area contributed by atoms with Gasteiger partial charge in [0.25, 0.3) is 0 Å². The lowest BCUT2D eigenvalue weighted by molar-refractivity contribution is -0.154. The number of ether oxygens (including phenoxy) is 2. The van der Waals surface area contributed by atoms with Gasteiger partial charge in [0.15, 0.2) is 0 Å². The second-order valence-electron chi connectivity index (χ2n) is 14.5. The number of carbonyl (C=O) groups excluding carboxylic acids is 1. The van der Waals surface area contributed by atoms with Gasteiger partial charge in [-0.3, -0.25) is 18.6 Å². The third-order valence-corrected chi connectivity index (χ3v) is 10.2. The fourth-order valence-electron chi connectivity index (χ4n) is 5.95. The van der Waals surface area contributed by atoms with Crippen molar-refractivity contribution >= 4 is 19.8 Å². The zero-order valence-corrected chi connectivity index (χ0v) is 34.3. The molecule has 0 saturated heterocycles. The summed E-state index contributed by atoms with van der Waals surface area (Å²) in [6, 6.07) is -1.47. The molecule has 0 aromatic carbocycles. The van der Waals surface area contributed by atoms with Gasteiger partial charge in [-0.1, -0.05) is 167 Å². The molecular weight excluding hydrogens is 681 g/mol. The molecule has 0 aliphatic rings. The van der Waals surface area contributed by atoms with Crippen LogP contribution in [0.15, 0.2) is 12.2 Å². The van der Waals surface area contributed by atoms with E-state index in [-0.39, 0.29) is 13.0 Å². The maximum atomic E-state index is 12.6. The molecule has 1 unspecified atom stereocenters. The van der Waals surface area contributed by atoms with Crippen LogP contribution < -0.4 is 5.73 Å². The molecule has 0 heterocycles. The number of hydrogen-bond acceptors (Lipinski definition) is 8. The number of rotatable bonds is 41. The zero-order chi connectivity index (χ0) is 38.4. The quantitative estimate of drug-likeness (QED) is 0.0237. The fourth-order valence-corrected chi connectivity index (χ4v) is 6.73. The maximum absolute atomic E-state index is 12.6. The number of esters is 1. The second kappa shape index (κ2) is 38.0. The van der Waals surface area contributed by atoms with Gasteiger partial charge in [0.05, 0.1) is 19.8 Å². The van der Waals surface area contributed by atoms with Gasteiger partial charge < -0.3 is 25.2 Å². The van der Waals surface area contributed by atoms with Crippen LogP contribution in [0.1, 0.15) is 200 Å². The third kappa shape index (κ3) is 37.0. The minimum atomic E-state index is -4.61. The molecule has 0 saturated carbocycles. The molecule has 0 amide bonds. The molecule has 308 valence electrons. The van der Waals surface area contributed by atoms with Crippen molar-refractivity contribution < 1.29 is 42.7 Å². The van der Waals surface area contributed by atoms with Crippen molar-refractivity contribution in [3.8, 4) is 0 Å². The molecule has 0 fully saturated rings. The Morgan fingerprint density at radius 2 is 1.00 bits per heavy atom. The predicted molar refractivity (Wildman–Crippen MR) is 212 cm³/mol. The minimum absolute atomic E-state index is 0.0191. The Balaban J connectivity index is 4.19. The molecule has 10 nitrogen and oxygen atoms in total. The molecular formula is C41H80NO9P. The minimum Gasteiger partial charge on any atom is -0.480 e. The van der Waals surface area contributed by atoms with Crippen LogP contribution in [0, 0.1) is 0 Å². The van der Waals surface area contributed by atoms with Gasteiger partial charge in [-0.25, -0.2) is 4.57 Å². The number of hydrogen-bond donors (Lipinski definition) is 3. The first-order chi connectivity index (χ1) is 25.2. The largest absolute Gasteiger partial charge is 0.480 e. The highest BCUT2D eigenvalue weighted by Crippen LogP contribution is 2.43. The highest BCUT2D eigenvalue weighted by atomic mass is 31.2. The number of allylic oxidation sites excluding steroid dienone is 2. The van der Waals surface area contributed by atoms with Crippen LogP contribution >= 0.6 is 7.82 Å². The topological polar surface area (TPSA) is 155 Å². The summed E-state index contributed by atoms with van der Waals surface area (Å²) in [7, 11) is -4.61. The number of nitrogens with two attached hydrogens (primary N) is 1. The van der Waals surface area contributed by atoms with E-state index < -0.39 is 45.1 Å². The average molecular weight is 762 g/mol. The SMILES string of the molecule is CCCCC/C=C\CCCCCCCC(=O)O[C@H](COCCCCCCCCCCCCCCCCCCCC)COP(=O)(O)OC[C@H](N)C(=O)O. The van der Waals surface area contributed by atoms with Crippen molar-refractivity contribution in [2.45, 2.75) is 212 Å². The number of aliphatic carboxylic acids is 1. The number of carbonyl (C=O) groups is 2. The third-order valence-electron chi connectivity index (χ3n) is 9.29. The highest BCUT2D eigenvalue weighted by molar-refractivity contribution is 7.47. The van der Waals surface area contributed by atoms with Crippen LogP contribution in [0.2, 0.25) is 0 Å². The van der Waals surface area contributed by atoms with Gasteiger partial charge in [0, 0.05) is 13.0 Å². The smallest absolute Gasteiger partial charge is 0.472 e. The standard InChI is InChI=1S/C41H80NO9P/c1-3-5-7-9-11-13-15-17-18-19-20-21-22-24-26-28-30-32-34-48-35-38(36-49-52(46,47)50-37-39(42)41(44)45)51-40(43)33-31-29-27-25-23-16-14-12-10-8-6-4-2/h12,14,38-39H,3-11,13,15-37,42H2,1-2H3,(H,44,45)(H,46,47)/b14-12-/t38-,39+/m1/s1. The van der Waals surface area contributed by atoms with E-state index in [1.165, 1.54) is 116 Å². The lowest BCUT2D eigenvalue weighted by Crippen LogP contribution is -2.34. The summed E-state index contributed by atoms with van der Waals surface area (Å²) < 4.78 is 33.3. The lowest BCUT2D eigenvalue weighted by atomic mass is 10.0. The van der Waals surface area contributed by atoms with E-state index in [2.05, 4.69) is 26.0 Å². The molecule has 0 aromatic heterocycles. The van der Waals surface area contributed by atoms with Crippen molar-refractivity contribution in [2.75, 3.05) is 26.4 Å². The van der Waals surface area contributed by atoms with E-state index in [4.69, 9.17) is 29.4 Å². The Morgan fingerprint density at radius 3 is 1.50 bits per heavy atom. The molecule has 0 rings (SSSR count). The number of unbranched alkanes of at least 4 members (excludes halogenated alkanes) is 25. The van der Waals surface area contributed by atoms with Gasteiger partial charge >= 0.3 is 19.8 Å². The van der Waals surface area contributed by atoms with Gasteiger partial charge in [-0.05, 0) is 38.5 Å². The van der Waals surface area contributed by atoms with Gasteiger partial charge in [0.2, 0.25) is 0 Å². The van der Waals surface area contributed by atoms with E-state index in [1.807, 2.05) is 0 Å². The first-order valence-electron chi connectivity index (χ1n) is 21.2. The van der Waals surface area contributed by atoms with E-state index in [0.717, 1.165) is 57.8 Å². The first kappa shape index (κ1) is 50.7. The second-order valence-corrected chi connectivity index (χ2v) is 15.9. The summed E-state index contributed by atoms with van der Waals surface area (Å²) in [5.74, 6) is -1.78. The van der Waals surface area contributed by atoms with Crippen LogP contribution in [-0.4, -0.2) is 60.5 Å². The first-order valence-corrected chi connectivity index (χ1v) is 22.7. The number of phosphoric ester groups is 1. The van der Waals surface area contributed by atoms with Gasteiger partial charge in [0.1, 0.15) is 12.1 Å². The monoisotopic (exact) mass is 762 g/mol. The molecule has 0 bridgehead atoms. The molecule has 0 aliphatic heterocycles. The number of carboxylic acids is 1. The summed E-state index contributed by atoms with van der Waals surface area (Å²) in [5.41, 5.74) is 5.35. The summed E-state index contributed by atoms with van der Waals surface area (Å²) in [5, 5.41) is 8.88. The van der Waals surface area contributed by atoms with Gasteiger partial charge in [-0.2, -0.15) is 0 Å². The van der Waals surface area contributed by atoms with E-state index in [1.54, 1.807) is 0 Å². The number of phosphoric acid groups is 1. The van der Waals surface area contributed by atoms with Crippen molar-refractivity contribution in [3.05, 3.63) is 12.2 Å². The van der Waals surface area contributed by atoms with Crippen molar-refractivity contribution in [1.82, 2.24) is 0 Å².